The highest BCUT2D eigenvalue weighted by Gasteiger charge is 2.10. The van der Waals surface area contributed by atoms with Crippen molar-refractivity contribution in [2.75, 3.05) is 23.8 Å². The van der Waals surface area contributed by atoms with E-state index < -0.39 is 6.10 Å². The number of amides is 1. The van der Waals surface area contributed by atoms with E-state index in [-0.39, 0.29) is 19.1 Å². The first-order valence-electron chi connectivity index (χ1n) is 5.85. The van der Waals surface area contributed by atoms with E-state index in [1.807, 2.05) is 26.0 Å². The van der Waals surface area contributed by atoms with E-state index in [1.54, 1.807) is 0 Å². The molecule has 0 fully saturated rings. The van der Waals surface area contributed by atoms with E-state index >= 15 is 0 Å². The third kappa shape index (κ3) is 4.01. The van der Waals surface area contributed by atoms with Crippen molar-refractivity contribution in [2.24, 2.45) is 0 Å². The number of hydrogen-bond acceptors (Lipinski definition) is 4. The lowest BCUT2D eigenvalue weighted by atomic mass is 10.1. The molecule has 1 atom stereocenters. The molecule has 0 saturated carbocycles. The molecule has 1 aromatic rings. The van der Waals surface area contributed by atoms with Gasteiger partial charge in [-0.25, -0.2) is 0 Å². The van der Waals surface area contributed by atoms with Crippen LogP contribution in [-0.2, 0) is 4.79 Å². The SMILES string of the molecule is CC(=O)Nc1c(C)cc(C)cc1NCC(O)CO. The van der Waals surface area contributed by atoms with Crippen molar-refractivity contribution in [2.45, 2.75) is 26.9 Å². The van der Waals surface area contributed by atoms with Gasteiger partial charge < -0.3 is 20.8 Å². The summed E-state index contributed by atoms with van der Waals surface area (Å²) in [6.45, 7) is 5.25. The minimum absolute atomic E-state index is 0.146. The van der Waals surface area contributed by atoms with Gasteiger partial charge in [0.15, 0.2) is 0 Å². The molecule has 1 amide bonds. The van der Waals surface area contributed by atoms with Crippen LogP contribution in [0, 0.1) is 13.8 Å². The van der Waals surface area contributed by atoms with Gasteiger partial charge in [-0.15, -0.1) is 0 Å². The molecule has 0 aromatic heterocycles. The first-order chi connectivity index (χ1) is 8.43. The monoisotopic (exact) mass is 252 g/mol. The Morgan fingerprint density at radius 2 is 2.06 bits per heavy atom. The number of nitrogens with one attached hydrogen (secondary N) is 2. The van der Waals surface area contributed by atoms with E-state index in [0.717, 1.165) is 16.8 Å². The fraction of sp³-hybridized carbons (Fsp3) is 0.462. The lowest BCUT2D eigenvalue weighted by Crippen LogP contribution is -2.23. The molecular weight excluding hydrogens is 232 g/mol. The van der Waals surface area contributed by atoms with Gasteiger partial charge in [0.1, 0.15) is 0 Å². The van der Waals surface area contributed by atoms with E-state index in [4.69, 9.17) is 5.11 Å². The van der Waals surface area contributed by atoms with Gasteiger partial charge in [-0.3, -0.25) is 4.79 Å². The molecule has 0 radical (unpaired) electrons. The number of carbonyl (C=O) groups is 1. The second-order valence-electron chi connectivity index (χ2n) is 4.40. The molecule has 0 spiro atoms. The van der Waals surface area contributed by atoms with Gasteiger partial charge in [-0.1, -0.05) is 6.07 Å². The maximum atomic E-state index is 11.2. The van der Waals surface area contributed by atoms with Crippen molar-refractivity contribution in [1.29, 1.82) is 0 Å². The van der Waals surface area contributed by atoms with Crippen LogP contribution in [-0.4, -0.2) is 35.4 Å². The predicted molar refractivity (Wildman–Crippen MR) is 71.8 cm³/mol. The van der Waals surface area contributed by atoms with Crippen LogP contribution in [0.2, 0.25) is 0 Å². The van der Waals surface area contributed by atoms with Gasteiger partial charge in [0, 0.05) is 13.5 Å². The first kappa shape index (κ1) is 14.5. The molecule has 100 valence electrons. The normalized spacial score (nSPS) is 12.1. The topological polar surface area (TPSA) is 81.6 Å². The van der Waals surface area contributed by atoms with Crippen molar-refractivity contribution in [3.63, 3.8) is 0 Å². The quantitative estimate of drug-likeness (QED) is 0.631. The smallest absolute Gasteiger partial charge is 0.221 e. The summed E-state index contributed by atoms with van der Waals surface area (Å²) < 4.78 is 0. The number of hydrogen-bond donors (Lipinski definition) is 4. The molecular formula is C13H20N2O3. The fourth-order valence-electron chi connectivity index (χ4n) is 1.74. The van der Waals surface area contributed by atoms with Crippen LogP contribution in [0.5, 0.6) is 0 Å². The van der Waals surface area contributed by atoms with Crippen LogP contribution in [0.1, 0.15) is 18.1 Å². The Balaban J connectivity index is 2.95. The van der Waals surface area contributed by atoms with Crippen molar-refractivity contribution in [3.05, 3.63) is 23.3 Å². The van der Waals surface area contributed by atoms with Gasteiger partial charge in [-0.2, -0.15) is 0 Å². The Hall–Kier alpha value is -1.59. The van der Waals surface area contributed by atoms with Crippen LogP contribution < -0.4 is 10.6 Å². The molecule has 1 aromatic carbocycles. The standard InChI is InChI=1S/C13H20N2O3/c1-8-4-9(2)13(15-10(3)17)12(5-8)14-6-11(18)7-16/h4-5,11,14,16,18H,6-7H2,1-3H3,(H,15,17). The third-order valence-electron chi connectivity index (χ3n) is 2.52. The molecule has 0 aliphatic heterocycles. The minimum Gasteiger partial charge on any atom is -0.394 e. The fourth-order valence-corrected chi connectivity index (χ4v) is 1.74. The van der Waals surface area contributed by atoms with Crippen molar-refractivity contribution >= 4 is 17.3 Å². The van der Waals surface area contributed by atoms with E-state index in [0.29, 0.717) is 5.69 Å². The minimum atomic E-state index is -0.823. The van der Waals surface area contributed by atoms with Crippen LogP contribution in [0.15, 0.2) is 12.1 Å². The highest BCUT2D eigenvalue weighted by molar-refractivity contribution is 5.94. The zero-order valence-electron chi connectivity index (χ0n) is 10.9. The second kappa shape index (κ2) is 6.37. The van der Waals surface area contributed by atoms with Crippen molar-refractivity contribution in [3.8, 4) is 0 Å². The zero-order chi connectivity index (χ0) is 13.7. The van der Waals surface area contributed by atoms with Crippen molar-refractivity contribution < 1.29 is 15.0 Å². The van der Waals surface area contributed by atoms with Gasteiger partial charge in [0.25, 0.3) is 0 Å². The van der Waals surface area contributed by atoms with Gasteiger partial charge in [0.2, 0.25) is 5.91 Å². The molecule has 0 aliphatic carbocycles. The molecule has 18 heavy (non-hydrogen) atoms. The van der Waals surface area contributed by atoms with E-state index in [2.05, 4.69) is 10.6 Å². The predicted octanol–water partition coefficient (Wildman–Crippen LogP) is 1.03. The molecule has 4 N–H and O–H groups in total. The first-order valence-corrected chi connectivity index (χ1v) is 5.85. The lowest BCUT2D eigenvalue weighted by molar-refractivity contribution is -0.114. The Bertz CT molecular complexity index is 432. The van der Waals surface area contributed by atoms with Crippen LogP contribution in [0.25, 0.3) is 0 Å². The number of benzene rings is 1. The summed E-state index contributed by atoms with van der Waals surface area (Å²) in [6, 6.07) is 3.86. The summed E-state index contributed by atoms with van der Waals surface area (Å²) in [6.07, 6.45) is -0.823. The summed E-state index contributed by atoms with van der Waals surface area (Å²) in [7, 11) is 0. The van der Waals surface area contributed by atoms with Gasteiger partial charge in [-0.05, 0) is 31.0 Å². The van der Waals surface area contributed by atoms with Crippen LogP contribution in [0.4, 0.5) is 11.4 Å². The highest BCUT2D eigenvalue weighted by atomic mass is 16.3. The van der Waals surface area contributed by atoms with Gasteiger partial charge in [0.05, 0.1) is 24.1 Å². The van der Waals surface area contributed by atoms with E-state index in [9.17, 15) is 9.90 Å². The number of aliphatic hydroxyl groups excluding tert-OH is 2. The summed E-state index contributed by atoms with van der Waals surface area (Å²) in [4.78, 5) is 11.2. The number of anilines is 2. The summed E-state index contributed by atoms with van der Waals surface area (Å²) in [5.41, 5.74) is 3.46. The summed E-state index contributed by atoms with van der Waals surface area (Å²) in [5, 5.41) is 23.9. The summed E-state index contributed by atoms with van der Waals surface area (Å²) >= 11 is 0. The maximum Gasteiger partial charge on any atom is 0.221 e. The Morgan fingerprint density at radius 3 is 2.61 bits per heavy atom. The molecule has 5 nitrogen and oxygen atoms in total. The average molecular weight is 252 g/mol. The number of aryl methyl sites for hydroxylation is 2. The zero-order valence-corrected chi connectivity index (χ0v) is 10.9. The third-order valence-corrected chi connectivity index (χ3v) is 2.52. The van der Waals surface area contributed by atoms with Gasteiger partial charge >= 0.3 is 0 Å². The largest absolute Gasteiger partial charge is 0.394 e. The molecule has 0 bridgehead atoms. The Morgan fingerprint density at radius 1 is 1.39 bits per heavy atom. The Labute approximate surface area is 107 Å². The number of rotatable bonds is 5. The average Bonchev–Trinajstić information content (AvgIpc) is 2.29. The highest BCUT2D eigenvalue weighted by Crippen LogP contribution is 2.27. The van der Waals surface area contributed by atoms with Crippen LogP contribution in [0.3, 0.4) is 0 Å². The molecule has 0 heterocycles. The van der Waals surface area contributed by atoms with Crippen LogP contribution >= 0.6 is 0 Å². The van der Waals surface area contributed by atoms with Crippen molar-refractivity contribution in [1.82, 2.24) is 0 Å². The molecule has 0 saturated heterocycles. The molecule has 1 rings (SSSR count). The summed E-state index contributed by atoms with van der Waals surface area (Å²) in [5.74, 6) is -0.146. The second-order valence-corrected chi connectivity index (χ2v) is 4.40. The molecule has 0 aliphatic rings. The number of aliphatic hydroxyl groups is 2. The van der Waals surface area contributed by atoms with E-state index in [1.165, 1.54) is 6.92 Å². The Kier molecular flexibility index (Phi) is 5.12. The molecule has 1 unspecified atom stereocenters. The number of carbonyl (C=O) groups excluding carboxylic acids is 1. The maximum absolute atomic E-state index is 11.2. The molecule has 5 heteroatoms. The lowest BCUT2D eigenvalue weighted by Gasteiger charge is -2.17.